The number of esters is 6. The molecular formula is C60H73NO23. The summed E-state index contributed by atoms with van der Waals surface area (Å²) in [4.78, 5) is 114. The molecule has 24 heteroatoms. The number of carbonyl (C=O) groups excluding carboxylic acids is 8. The Kier molecular flexibility index (Phi) is 21.0. The number of Topliss-reactive ketones (excluding diaryl/α,β-unsaturated/α-hetero) is 1. The molecule has 1 amide bonds. The number of fused-ring (bicyclic) bond motifs is 5. The molecule has 7 rings (SSSR count). The summed E-state index contributed by atoms with van der Waals surface area (Å²) in [5, 5.41) is 66.9. The van der Waals surface area contributed by atoms with Crippen LogP contribution in [0.3, 0.4) is 0 Å². The second-order valence-corrected chi connectivity index (χ2v) is 22.1. The fraction of sp³-hybridized carbons (Fsp3) is 0.533. The first-order chi connectivity index (χ1) is 39.9. The SMILES string of the molecule is CC(=O)O[C@H]1C(=O)[C@]2(C)[C@@H](OC(=O)CCC(=O)OC(COC(CO)CO)COC(CO)CO)C[C@H]3OC[C@@]3(OC(C)=O)[C@H]2[C@H](OC(=O)c2ccccc2)[C@]2(O)C[C@H](OC(=O)[C@H](O)[C@@H](NC(=O)c3ccccc3)c3ccccc3)C(C)=C1C2(C)C. The highest BCUT2D eigenvalue weighted by Gasteiger charge is 2.79. The van der Waals surface area contributed by atoms with Gasteiger partial charge in [0.15, 0.2) is 23.6 Å². The number of ketones is 1. The predicted molar refractivity (Wildman–Crippen MR) is 289 cm³/mol. The van der Waals surface area contributed by atoms with Crippen LogP contribution in [0.1, 0.15) is 99.5 Å². The number of aliphatic hydroxyl groups is 6. The Morgan fingerprint density at radius 2 is 1.25 bits per heavy atom. The Morgan fingerprint density at radius 3 is 1.77 bits per heavy atom. The third kappa shape index (κ3) is 13.4. The van der Waals surface area contributed by atoms with Crippen molar-refractivity contribution < 1.29 is 112 Å². The van der Waals surface area contributed by atoms with E-state index in [-0.39, 0.29) is 22.3 Å². The summed E-state index contributed by atoms with van der Waals surface area (Å²) in [6, 6.07) is 22.2. The molecule has 456 valence electrons. The lowest BCUT2D eigenvalue weighted by molar-refractivity contribution is -0.346. The second-order valence-electron chi connectivity index (χ2n) is 22.1. The molecule has 1 saturated heterocycles. The number of hydrogen-bond donors (Lipinski definition) is 7. The molecule has 3 fully saturated rings. The summed E-state index contributed by atoms with van der Waals surface area (Å²) in [7, 11) is 0. The van der Waals surface area contributed by atoms with Gasteiger partial charge in [0.1, 0.15) is 48.3 Å². The summed E-state index contributed by atoms with van der Waals surface area (Å²) in [5.74, 6) is -9.87. The normalized spacial score (nSPS) is 26.7. The summed E-state index contributed by atoms with van der Waals surface area (Å²) in [5.41, 5.74) is -8.39. The maximum absolute atomic E-state index is 16.4. The van der Waals surface area contributed by atoms with Crippen LogP contribution in [0.5, 0.6) is 0 Å². The van der Waals surface area contributed by atoms with E-state index >= 15 is 4.79 Å². The van der Waals surface area contributed by atoms with Crippen molar-refractivity contribution in [1.29, 1.82) is 0 Å². The molecule has 0 aromatic heterocycles. The van der Waals surface area contributed by atoms with Crippen LogP contribution in [0.15, 0.2) is 102 Å². The van der Waals surface area contributed by atoms with Crippen molar-refractivity contribution >= 4 is 47.5 Å². The van der Waals surface area contributed by atoms with Gasteiger partial charge in [-0.2, -0.15) is 0 Å². The van der Waals surface area contributed by atoms with E-state index in [1.54, 1.807) is 66.7 Å². The van der Waals surface area contributed by atoms with E-state index in [2.05, 4.69) is 5.32 Å². The van der Waals surface area contributed by atoms with Gasteiger partial charge in [0.25, 0.3) is 5.91 Å². The molecule has 1 heterocycles. The summed E-state index contributed by atoms with van der Waals surface area (Å²) in [6.07, 6.45) is -16.7. The standard InChI is InChI=1S/C60H73NO23/c1-33-42(81-56(74)49(70)48(36-16-10-7-11-17-36)61-54(72)37-18-12-8-13-19-37)25-60(75)53(83-55(73)38-20-14-9-15-21-38)51-58(6,52(71)50(79-34(2)66)47(33)57(60,4)5)43(24-44-59(51,32-78-44)84-35(3)67)82-46(69)23-22-45(68)80-41(30-76-39(26-62)27-63)31-77-40(28-64)29-65/h7-21,39-44,48-51,53,62-65,70,75H,22-32H2,1-6H3,(H,61,72)/t42-,43-,44+,48-,49+,50+,51-,53-,58+,59-,60+/m0/s1. The van der Waals surface area contributed by atoms with Crippen molar-refractivity contribution in [3.63, 3.8) is 0 Å². The van der Waals surface area contributed by atoms with E-state index in [1.807, 2.05) is 0 Å². The highest BCUT2D eigenvalue weighted by atomic mass is 16.6. The molecule has 24 nitrogen and oxygen atoms in total. The van der Waals surface area contributed by atoms with Gasteiger partial charge in [0.2, 0.25) is 0 Å². The van der Waals surface area contributed by atoms with E-state index in [1.165, 1.54) is 52.0 Å². The van der Waals surface area contributed by atoms with Gasteiger partial charge < -0.3 is 78.6 Å². The maximum atomic E-state index is 16.4. The molecule has 0 spiro atoms. The second kappa shape index (κ2) is 27.4. The highest BCUT2D eigenvalue weighted by molar-refractivity contribution is 5.96. The molecule has 2 saturated carbocycles. The first kappa shape index (κ1) is 64.6. The minimum absolute atomic E-state index is 0.0395. The smallest absolute Gasteiger partial charge is 0.338 e. The van der Waals surface area contributed by atoms with Crippen molar-refractivity contribution in [1.82, 2.24) is 5.32 Å². The van der Waals surface area contributed by atoms with E-state index in [0.29, 0.717) is 5.56 Å². The number of carbonyl (C=O) groups is 8. The number of ether oxygens (including phenoxy) is 9. The molecule has 0 radical (unpaired) electrons. The molecule has 3 aromatic rings. The van der Waals surface area contributed by atoms with Crippen LogP contribution in [-0.4, -0.2) is 191 Å². The quantitative estimate of drug-likeness (QED) is 0.0361. The summed E-state index contributed by atoms with van der Waals surface area (Å²) < 4.78 is 53.6. The summed E-state index contributed by atoms with van der Waals surface area (Å²) >= 11 is 0. The van der Waals surface area contributed by atoms with Gasteiger partial charge in [-0.15, -0.1) is 0 Å². The molecule has 3 aliphatic carbocycles. The largest absolute Gasteiger partial charge is 0.461 e. The average Bonchev–Trinajstić information content (AvgIpc) is 0.678. The zero-order valence-electron chi connectivity index (χ0n) is 47.4. The van der Waals surface area contributed by atoms with Crippen LogP contribution in [-0.2, 0) is 71.4 Å². The van der Waals surface area contributed by atoms with Crippen molar-refractivity contribution in [3.8, 4) is 0 Å². The molecule has 84 heavy (non-hydrogen) atoms. The zero-order valence-corrected chi connectivity index (χ0v) is 47.4. The Bertz CT molecular complexity index is 2860. The lowest BCUT2D eigenvalue weighted by atomic mass is 9.44. The summed E-state index contributed by atoms with van der Waals surface area (Å²) in [6.45, 7) is 4.11. The van der Waals surface area contributed by atoms with Crippen LogP contribution < -0.4 is 5.32 Å². The number of aliphatic hydroxyl groups excluding tert-OH is 5. The van der Waals surface area contributed by atoms with E-state index in [0.717, 1.165) is 13.8 Å². The van der Waals surface area contributed by atoms with Gasteiger partial charge >= 0.3 is 35.8 Å². The van der Waals surface area contributed by atoms with Crippen molar-refractivity contribution in [2.45, 2.75) is 139 Å². The Labute approximate surface area is 484 Å². The first-order valence-electron chi connectivity index (χ1n) is 27.5. The van der Waals surface area contributed by atoms with Gasteiger partial charge in [-0.3, -0.25) is 28.8 Å². The van der Waals surface area contributed by atoms with Crippen molar-refractivity contribution in [3.05, 3.63) is 119 Å². The Balaban J connectivity index is 1.32. The lowest BCUT2D eigenvalue weighted by Gasteiger charge is -2.67. The van der Waals surface area contributed by atoms with Gasteiger partial charge in [-0.1, -0.05) is 80.6 Å². The highest BCUT2D eigenvalue weighted by Crippen LogP contribution is 2.65. The number of amides is 1. The molecule has 3 aromatic carbocycles. The molecule has 1 aliphatic heterocycles. The molecule has 0 unspecified atom stereocenters. The number of nitrogens with one attached hydrogen (secondary N) is 1. The minimum Gasteiger partial charge on any atom is -0.461 e. The van der Waals surface area contributed by atoms with Gasteiger partial charge in [-0.05, 0) is 54.8 Å². The number of rotatable bonds is 25. The Hall–Kier alpha value is -7.00. The van der Waals surface area contributed by atoms with Gasteiger partial charge in [0.05, 0.1) is 82.0 Å². The molecule has 11 atom stereocenters. The van der Waals surface area contributed by atoms with E-state index < -0.39 is 208 Å². The van der Waals surface area contributed by atoms with Crippen LogP contribution in [0.4, 0.5) is 0 Å². The predicted octanol–water partition coefficient (Wildman–Crippen LogP) is 1.72. The first-order valence-corrected chi connectivity index (χ1v) is 27.5. The van der Waals surface area contributed by atoms with Crippen LogP contribution in [0.2, 0.25) is 0 Å². The monoisotopic (exact) mass is 1180 g/mol. The molecule has 2 bridgehead atoms. The van der Waals surface area contributed by atoms with Gasteiger partial charge in [0, 0.05) is 37.7 Å². The van der Waals surface area contributed by atoms with Crippen molar-refractivity contribution in [2.24, 2.45) is 16.7 Å². The van der Waals surface area contributed by atoms with Crippen LogP contribution in [0, 0.1) is 16.7 Å². The fourth-order valence-corrected chi connectivity index (χ4v) is 11.9. The van der Waals surface area contributed by atoms with Crippen LogP contribution >= 0.6 is 0 Å². The van der Waals surface area contributed by atoms with Crippen molar-refractivity contribution in [2.75, 3.05) is 46.2 Å². The topological polar surface area (TPSA) is 353 Å². The fourth-order valence-electron chi connectivity index (χ4n) is 11.9. The zero-order chi connectivity index (χ0) is 61.3. The lowest BCUT2D eigenvalue weighted by Crippen LogP contribution is -2.82. The maximum Gasteiger partial charge on any atom is 0.338 e. The van der Waals surface area contributed by atoms with Crippen LogP contribution in [0.25, 0.3) is 0 Å². The number of benzene rings is 3. The van der Waals surface area contributed by atoms with Gasteiger partial charge in [-0.25, -0.2) is 9.59 Å². The average molecular weight is 1180 g/mol. The molecule has 7 N–H and O–H groups in total. The third-order valence-corrected chi connectivity index (χ3v) is 16.4. The molecule has 4 aliphatic rings. The third-order valence-electron chi connectivity index (χ3n) is 16.4. The molecular weight excluding hydrogens is 1100 g/mol. The number of hydrogen-bond acceptors (Lipinski definition) is 23. The van der Waals surface area contributed by atoms with E-state index in [4.69, 9.17) is 42.6 Å². The minimum atomic E-state index is -2.59. The van der Waals surface area contributed by atoms with E-state index in [9.17, 15) is 64.2 Å². The Morgan fingerprint density at radius 1 is 0.702 bits per heavy atom.